The van der Waals surface area contributed by atoms with E-state index in [-0.39, 0.29) is 0 Å². The van der Waals surface area contributed by atoms with Gasteiger partial charge in [0.15, 0.2) is 0 Å². The van der Waals surface area contributed by atoms with Gasteiger partial charge in [-0.05, 0) is 16.5 Å². The Kier molecular flexibility index (Phi) is 4.01. The van der Waals surface area contributed by atoms with Crippen molar-refractivity contribution in [3.63, 3.8) is 0 Å². The lowest BCUT2D eigenvalue weighted by Gasteiger charge is -2.07. The molecule has 2 aromatic rings. The number of hydrogen-bond donors (Lipinski definition) is 1. The highest BCUT2D eigenvalue weighted by atomic mass is 32.2. The molecule has 1 aromatic carbocycles. The second kappa shape index (κ2) is 5.70. The third kappa shape index (κ3) is 2.99. The summed E-state index contributed by atoms with van der Waals surface area (Å²) in [4.78, 5) is 0. The molecule has 0 saturated carbocycles. The molecule has 0 saturated heterocycles. The second-order valence-corrected chi connectivity index (χ2v) is 4.52. The maximum absolute atomic E-state index is 4.21. The SMILES string of the molecule is C=CSNCc1ccccc1-c1cnn(C)c1. The van der Waals surface area contributed by atoms with Crippen LogP contribution in [0.2, 0.25) is 0 Å². The van der Waals surface area contributed by atoms with Gasteiger partial charge in [-0.3, -0.25) is 9.40 Å². The highest BCUT2D eigenvalue weighted by molar-refractivity contribution is 8.00. The van der Waals surface area contributed by atoms with Crippen molar-refractivity contribution in [2.24, 2.45) is 7.05 Å². The van der Waals surface area contributed by atoms with E-state index in [0.717, 1.165) is 12.1 Å². The van der Waals surface area contributed by atoms with Crippen molar-refractivity contribution in [1.82, 2.24) is 14.5 Å². The van der Waals surface area contributed by atoms with Crippen molar-refractivity contribution in [2.75, 3.05) is 0 Å². The summed E-state index contributed by atoms with van der Waals surface area (Å²) in [5.41, 5.74) is 3.63. The van der Waals surface area contributed by atoms with E-state index in [1.54, 1.807) is 5.41 Å². The fourth-order valence-corrected chi connectivity index (χ4v) is 2.05. The third-order valence-corrected chi connectivity index (χ3v) is 2.94. The predicted molar refractivity (Wildman–Crippen MR) is 73.3 cm³/mol. The normalized spacial score (nSPS) is 10.4. The van der Waals surface area contributed by atoms with E-state index in [0.29, 0.717) is 0 Å². The number of aromatic nitrogens is 2. The summed E-state index contributed by atoms with van der Waals surface area (Å²) >= 11 is 1.51. The first-order valence-electron chi connectivity index (χ1n) is 5.37. The summed E-state index contributed by atoms with van der Waals surface area (Å²) in [7, 11) is 1.93. The molecule has 0 radical (unpaired) electrons. The lowest BCUT2D eigenvalue weighted by Crippen LogP contribution is -2.02. The summed E-state index contributed by atoms with van der Waals surface area (Å²) in [5, 5.41) is 5.99. The number of nitrogens with zero attached hydrogens (tertiary/aromatic N) is 2. The monoisotopic (exact) mass is 245 g/mol. The zero-order valence-electron chi connectivity index (χ0n) is 9.76. The van der Waals surface area contributed by atoms with Gasteiger partial charge in [0, 0.05) is 25.4 Å². The van der Waals surface area contributed by atoms with Crippen molar-refractivity contribution >= 4 is 11.9 Å². The Morgan fingerprint density at radius 3 is 3.00 bits per heavy atom. The van der Waals surface area contributed by atoms with Crippen molar-refractivity contribution in [3.05, 3.63) is 54.2 Å². The van der Waals surface area contributed by atoms with E-state index in [1.165, 1.54) is 23.1 Å². The van der Waals surface area contributed by atoms with Crippen LogP contribution >= 0.6 is 11.9 Å². The molecule has 1 aromatic heterocycles. The number of nitrogens with one attached hydrogen (secondary N) is 1. The van der Waals surface area contributed by atoms with Gasteiger partial charge in [-0.2, -0.15) is 5.10 Å². The molecule has 0 fully saturated rings. The number of benzene rings is 1. The van der Waals surface area contributed by atoms with E-state index in [4.69, 9.17) is 0 Å². The molecule has 0 aliphatic carbocycles. The number of aryl methyl sites for hydroxylation is 1. The Morgan fingerprint density at radius 1 is 1.47 bits per heavy atom. The minimum absolute atomic E-state index is 0.807. The van der Waals surface area contributed by atoms with Crippen LogP contribution in [0.25, 0.3) is 11.1 Å². The molecule has 1 heterocycles. The van der Waals surface area contributed by atoms with Gasteiger partial charge >= 0.3 is 0 Å². The average molecular weight is 245 g/mol. The van der Waals surface area contributed by atoms with Crippen LogP contribution in [0.3, 0.4) is 0 Å². The zero-order chi connectivity index (χ0) is 12.1. The fraction of sp³-hybridized carbons (Fsp3) is 0.154. The van der Waals surface area contributed by atoms with Crippen LogP contribution in [-0.2, 0) is 13.6 Å². The first-order valence-corrected chi connectivity index (χ1v) is 6.25. The maximum atomic E-state index is 4.21. The molecule has 1 N–H and O–H groups in total. The minimum atomic E-state index is 0.807. The Hall–Kier alpha value is -1.52. The Bertz CT molecular complexity index is 505. The van der Waals surface area contributed by atoms with E-state index in [9.17, 15) is 0 Å². The lowest BCUT2D eigenvalue weighted by molar-refractivity contribution is 0.768. The molecule has 2 rings (SSSR count). The van der Waals surface area contributed by atoms with Gasteiger partial charge in [-0.15, -0.1) is 0 Å². The van der Waals surface area contributed by atoms with Crippen molar-refractivity contribution in [2.45, 2.75) is 6.54 Å². The van der Waals surface area contributed by atoms with Gasteiger partial charge in [-0.1, -0.05) is 42.8 Å². The molecule has 0 spiro atoms. The van der Waals surface area contributed by atoms with E-state index in [1.807, 2.05) is 30.2 Å². The van der Waals surface area contributed by atoms with Gasteiger partial charge < -0.3 is 0 Å². The van der Waals surface area contributed by atoms with E-state index < -0.39 is 0 Å². The molecule has 0 atom stereocenters. The summed E-state index contributed by atoms with van der Waals surface area (Å²) in [6, 6.07) is 8.34. The summed E-state index contributed by atoms with van der Waals surface area (Å²) in [6.07, 6.45) is 3.92. The molecule has 3 nitrogen and oxygen atoms in total. The molecule has 0 unspecified atom stereocenters. The smallest absolute Gasteiger partial charge is 0.0568 e. The first-order chi connectivity index (χ1) is 8.31. The van der Waals surface area contributed by atoms with Crippen LogP contribution < -0.4 is 4.72 Å². The van der Waals surface area contributed by atoms with Crippen molar-refractivity contribution < 1.29 is 0 Å². The first kappa shape index (κ1) is 12.0. The fourth-order valence-electron chi connectivity index (χ4n) is 1.69. The topological polar surface area (TPSA) is 29.9 Å². The molecule has 17 heavy (non-hydrogen) atoms. The minimum Gasteiger partial charge on any atom is -0.275 e. The quantitative estimate of drug-likeness (QED) is 0.649. The standard InChI is InChI=1S/C13H15N3S/c1-3-17-15-9-11-6-4-5-7-13(11)12-8-14-16(2)10-12/h3-8,10,15H,1,9H2,2H3. The molecule has 0 amide bonds. The summed E-state index contributed by atoms with van der Waals surface area (Å²) < 4.78 is 5.06. The molecular weight excluding hydrogens is 230 g/mol. The van der Waals surface area contributed by atoms with Gasteiger partial charge in [0.25, 0.3) is 0 Å². The Morgan fingerprint density at radius 2 is 2.29 bits per heavy atom. The van der Waals surface area contributed by atoms with E-state index >= 15 is 0 Å². The van der Waals surface area contributed by atoms with Crippen LogP contribution in [0.4, 0.5) is 0 Å². The van der Waals surface area contributed by atoms with Crippen LogP contribution in [0.1, 0.15) is 5.56 Å². The summed E-state index contributed by atoms with van der Waals surface area (Å²) in [6.45, 7) is 4.47. The average Bonchev–Trinajstić information content (AvgIpc) is 2.77. The van der Waals surface area contributed by atoms with Gasteiger partial charge in [0.05, 0.1) is 6.20 Å². The predicted octanol–water partition coefficient (Wildman–Crippen LogP) is 2.97. The summed E-state index contributed by atoms with van der Waals surface area (Å²) in [5.74, 6) is 0. The van der Waals surface area contributed by atoms with Gasteiger partial charge in [-0.25, -0.2) is 0 Å². The van der Waals surface area contributed by atoms with Crippen LogP contribution in [0.5, 0.6) is 0 Å². The second-order valence-electron chi connectivity index (χ2n) is 3.67. The lowest BCUT2D eigenvalue weighted by atomic mass is 10.0. The largest absolute Gasteiger partial charge is 0.275 e. The zero-order valence-corrected chi connectivity index (χ0v) is 10.6. The molecule has 4 heteroatoms. The molecule has 88 valence electrons. The Labute approximate surface area is 106 Å². The van der Waals surface area contributed by atoms with Crippen LogP contribution in [0.15, 0.2) is 48.6 Å². The van der Waals surface area contributed by atoms with Crippen LogP contribution in [0, 0.1) is 0 Å². The van der Waals surface area contributed by atoms with Crippen molar-refractivity contribution in [1.29, 1.82) is 0 Å². The Balaban J connectivity index is 2.24. The molecular formula is C13H15N3S. The molecule has 0 bridgehead atoms. The molecule has 0 aliphatic heterocycles. The number of hydrogen-bond acceptors (Lipinski definition) is 3. The van der Waals surface area contributed by atoms with Gasteiger partial charge in [0.1, 0.15) is 0 Å². The van der Waals surface area contributed by atoms with E-state index in [2.05, 4.69) is 34.6 Å². The number of rotatable bonds is 5. The highest BCUT2D eigenvalue weighted by Crippen LogP contribution is 2.23. The van der Waals surface area contributed by atoms with Crippen LogP contribution in [-0.4, -0.2) is 9.78 Å². The maximum Gasteiger partial charge on any atom is 0.0568 e. The van der Waals surface area contributed by atoms with Gasteiger partial charge in [0.2, 0.25) is 0 Å². The van der Waals surface area contributed by atoms with Crippen molar-refractivity contribution in [3.8, 4) is 11.1 Å². The highest BCUT2D eigenvalue weighted by Gasteiger charge is 2.05. The third-order valence-electron chi connectivity index (χ3n) is 2.46. The molecule has 0 aliphatic rings.